The minimum absolute atomic E-state index is 0.0402. The Bertz CT molecular complexity index is 333. The van der Waals surface area contributed by atoms with Crippen LogP contribution in [0.1, 0.15) is 17.6 Å². The molecule has 78 valence electrons. The fourth-order valence-electron chi connectivity index (χ4n) is 0.997. The van der Waals surface area contributed by atoms with Gasteiger partial charge in [0.05, 0.1) is 12.7 Å². The van der Waals surface area contributed by atoms with E-state index in [2.05, 4.69) is 4.98 Å². The maximum atomic E-state index is 12.5. The molecule has 0 radical (unpaired) electrons. The van der Waals surface area contributed by atoms with Crippen LogP contribution in [0.15, 0.2) is 6.07 Å². The number of halogens is 3. The smallest absolute Gasteiger partial charge is 0.269 e. The van der Waals surface area contributed by atoms with Gasteiger partial charge in [-0.2, -0.15) is 0 Å². The Morgan fingerprint density at radius 3 is 2.71 bits per heavy atom. The molecule has 2 N–H and O–H groups in total. The maximum Gasteiger partial charge on any atom is 0.269 e. The third kappa shape index (κ3) is 2.30. The van der Waals surface area contributed by atoms with Gasteiger partial charge in [-0.3, -0.25) is 0 Å². The highest BCUT2D eigenvalue weighted by atomic mass is 127. The third-order valence-corrected chi connectivity index (χ3v) is 2.62. The van der Waals surface area contributed by atoms with E-state index in [0.29, 0.717) is 9.26 Å². The summed E-state index contributed by atoms with van der Waals surface area (Å²) in [5.41, 5.74) is 5.77. The first-order valence-electron chi connectivity index (χ1n) is 3.81. The number of nitrogens with zero attached hydrogens (tertiary/aromatic N) is 1. The molecule has 1 rings (SSSR count). The van der Waals surface area contributed by atoms with Crippen LogP contribution in [0.5, 0.6) is 5.88 Å². The molecule has 0 aromatic carbocycles. The monoisotopic (exact) mass is 314 g/mol. The van der Waals surface area contributed by atoms with Crippen molar-refractivity contribution in [3.63, 3.8) is 0 Å². The second-order valence-corrected chi connectivity index (χ2v) is 3.56. The van der Waals surface area contributed by atoms with E-state index in [4.69, 9.17) is 10.5 Å². The summed E-state index contributed by atoms with van der Waals surface area (Å²) in [6, 6.07) is 1.33. The molecule has 0 saturated heterocycles. The molecule has 0 aliphatic rings. The van der Waals surface area contributed by atoms with E-state index in [9.17, 15) is 8.78 Å². The van der Waals surface area contributed by atoms with Crippen LogP contribution in [-0.2, 0) is 6.54 Å². The molecule has 1 heterocycles. The van der Waals surface area contributed by atoms with Crippen LogP contribution in [-0.4, -0.2) is 12.1 Å². The summed E-state index contributed by atoms with van der Waals surface area (Å²) in [5, 5.41) is 0. The number of ether oxygens (including phenoxy) is 1. The predicted octanol–water partition coefficient (Wildman–Crippen LogP) is 2.09. The highest BCUT2D eigenvalue weighted by Crippen LogP contribution is 2.29. The van der Waals surface area contributed by atoms with Crippen LogP contribution in [0.3, 0.4) is 0 Å². The van der Waals surface area contributed by atoms with E-state index in [1.807, 2.05) is 22.6 Å². The summed E-state index contributed by atoms with van der Waals surface area (Å²) in [4.78, 5) is 3.89. The average Bonchev–Trinajstić information content (AvgIpc) is 2.16. The number of methoxy groups -OCH3 is 1. The number of pyridine rings is 1. The molecule has 6 heteroatoms. The lowest BCUT2D eigenvalue weighted by Gasteiger charge is -2.09. The zero-order chi connectivity index (χ0) is 10.7. The summed E-state index contributed by atoms with van der Waals surface area (Å²) in [7, 11) is 1.31. The second kappa shape index (κ2) is 4.83. The molecule has 0 atom stereocenters. The zero-order valence-electron chi connectivity index (χ0n) is 7.43. The fraction of sp³-hybridized carbons (Fsp3) is 0.375. The van der Waals surface area contributed by atoms with E-state index >= 15 is 0 Å². The summed E-state index contributed by atoms with van der Waals surface area (Å²) < 4.78 is 30.3. The van der Waals surface area contributed by atoms with Gasteiger partial charge in [-0.25, -0.2) is 13.8 Å². The molecule has 0 fully saturated rings. The van der Waals surface area contributed by atoms with Gasteiger partial charge >= 0.3 is 0 Å². The Morgan fingerprint density at radius 2 is 2.29 bits per heavy atom. The highest BCUT2D eigenvalue weighted by Gasteiger charge is 2.17. The van der Waals surface area contributed by atoms with E-state index in [1.54, 1.807) is 0 Å². The molecule has 0 saturated carbocycles. The Hall–Kier alpha value is -0.500. The van der Waals surface area contributed by atoms with E-state index in [-0.39, 0.29) is 18.0 Å². The van der Waals surface area contributed by atoms with Crippen molar-refractivity contribution in [1.29, 1.82) is 0 Å². The minimum atomic E-state index is -2.60. The minimum Gasteiger partial charge on any atom is -0.481 e. The van der Waals surface area contributed by atoms with Gasteiger partial charge in [-0.1, -0.05) is 0 Å². The Labute approximate surface area is 93.8 Å². The standard InChI is InChI=1S/C8H9F2IN2O/c1-14-8-5(6(9)10)2-4(3-12)7(11)13-8/h2,6H,3,12H2,1H3. The van der Waals surface area contributed by atoms with Crippen LogP contribution in [0.2, 0.25) is 0 Å². The van der Waals surface area contributed by atoms with E-state index < -0.39 is 6.43 Å². The van der Waals surface area contributed by atoms with Gasteiger partial charge in [0, 0.05) is 6.54 Å². The summed E-state index contributed by atoms with van der Waals surface area (Å²) in [6.45, 7) is 0.189. The van der Waals surface area contributed by atoms with Gasteiger partial charge in [-0.15, -0.1) is 0 Å². The van der Waals surface area contributed by atoms with Crippen molar-refractivity contribution in [3.8, 4) is 5.88 Å². The molecule has 0 bridgehead atoms. The van der Waals surface area contributed by atoms with Crippen molar-refractivity contribution < 1.29 is 13.5 Å². The van der Waals surface area contributed by atoms with Gasteiger partial charge in [0.25, 0.3) is 6.43 Å². The average molecular weight is 314 g/mol. The molecule has 0 spiro atoms. The molecule has 14 heavy (non-hydrogen) atoms. The third-order valence-electron chi connectivity index (χ3n) is 1.69. The number of hydrogen-bond acceptors (Lipinski definition) is 3. The predicted molar refractivity (Wildman–Crippen MR) is 56.4 cm³/mol. The molecule has 0 aliphatic heterocycles. The van der Waals surface area contributed by atoms with Crippen molar-refractivity contribution in [2.75, 3.05) is 7.11 Å². The molecular formula is C8H9F2IN2O. The Morgan fingerprint density at radius 1 is 1.64 bits per heavy atom. The zero-order valence-corrected chi connectivity index (χ0v) is 9.59. The lowest BCUT2D eigenvalue weighted by atomic mass is 10.2. The van der Waals surface area contributed by atoms with Crippen molar-refractivity contribution >= 4 is 22.6 Å². The lowest BCUT2D eigenvalue weighted by Crippen LogP contribution is -2.05. The normalized spacial score (nSPS) is 10.7. The van der Waals surface area contributed by atoms with Crippen LogP contribution in [0, 0.1) is 3.70 Å². The number of alkyl halides is 2. The first-order valence-corrected chi connectivity index (χ1v) is 4.89. The van der Waals surface area contributed by atoms with Crippen LogP contribution >= 0.6 is 22.6 Å². The molecule has 0 unspecified atom stereocenters. The second-order valence-electron chi connectivity index (χ2n) is 2.54. The van der Waals surface area contributed by atoms with Gasteiger partial charge in [0.2, 0.25) is 5.88 Å². The topological polar surface area (TPSA) is 48.1 Å². The summed E-state index contributed by atoms with van der Waals surface area (Å²) in [6.07, 6.45) is -2.60. The Kier molecular flexibility index (Phi) is 3.99. The van der Waals surface area contributed by atoms with E-state index in [1.165, 1.54) is 13.2 Å². The largest absolute Gasteiger partial charge is 0.481 e. The van der Waals surface area contributed by atoms with Crippen LogP contribution in [0.4, 0.5) is 8.78 Å². The number of nitrogens with two attached hydrogens (primary N) is 1. The number of rotatable bonds is 3. The number of aromatic nitrogens is 1. The number of hydrogen-bond donors (Lipinski definition) is 1. The van der Waals surface area contributed by atoms with Gasteiger partial charge in [0.15, 0.2) is 0 Å². The molecule has 3 nitrogen and oxygen atoms in total. The molecule has 1 aromatic rings. The first-order chi connectivity index (χ1) is 6.60. The van der Waals surface area contributed by atoms with Crippen molar-refractivity contribution in [2.24, 2.45) is 5.73 Å². The summed E-state index contributed by atoms with van der Waals surface area (Å²) >= 11 is 1.93. The van der Waals surface area contributed by atoms with Crippen LogP contribution < -0.4 is 10.5 Å². The van der Waals surface area contributed by atoms with E-state index in [0.717, 1.165) is 0 Å². The van der Waals surface area contributed by atoms with Crippen molar-refractivity contribution in [3.05, 3.63) is 20.9 Å². The van der Waals surface area contributed by atoms with Gasteiger partial charge in [0.1, 0.15) is 3.70 Å². The first kappa shape index (κ1) is 11.6. The lowest BCUT2D eigenvalue weighted by molar-refractivity contribution is 0.146. The SMILES string of the molecule is COc1nc(I)c(CN)cc1C(F)F. The quantitative estimate of drug-likeness (QED) is 0.686. The Balaban J connectivity index is 3.25. The molecular weight excluding hydrogens is 305 g/mol. The molecule has 0 aliphatic carbocycles. The highest BCUT2D eigenvalue weighted by molar-refractivity contribution is 14.1. The molecule has 1 aromatic heterocycles. The van der Waals surface area contributed by atoms with Crippen LogP contribution in [0.25, 0.3) is 0 Å². The maximum absolute atomic E-state index is 12.5. The summed E-state index contributed by atoms with van der Waals surface area (Å²) in [5.74, 6) is -0.0402. The van der Waals surface area contributed by atoms with Crippen molar-refractivity contribution in [1.82, 2.24) is 4.98 Å². The fourth-order valence-corrected chi connectivity index (χ4v) is 1.59. The molecule has 0 amide bonds. The van der Waals surface area contributed by atoms with Crippen molar-refractivity contribution in [2.45, 2.75) is 13.0 Å². The van der Waals surface area contributed by atoms with Gasteiger partial charge in [-0.05, 0) is 34.2 Å². The van der Waals surface area contributed by atoms with Gasteiger partial charge < -0.3 is 10.5 Å².